The van der Waals surface area contributed by atoms with Crippen molar-refractivity contribution in [1.29, 1.82) is 0 Å². The highest BCUT2D eigenvalue weighted by Crippen LogP contribution is 2.29. The molecule has 1 nitrogen and oxygen atoms in total. The summed E-state index contributed by atoms with van der Waals surface area (Å²) in [6, 6.07) is 8.47. The van der Waals surface area contributed by atoms with Gasteiger partial charge in [-0.2, -0.15) is 0 Å². The molecular formula is C13H17IO. The predicted molar refractivity (Wildman–Crippen MR) is 70.8 cm³/mol. The zero-order chi connectivity index (χ0) is 10.7. The van der Waals surface area contributed by atoms with Gasteiger partial charge in [0.2, 0.25) is 0 Å². The molecule has 0 saturated heterocycles. The predicted octanol–water partition coefficient (Wildman–Crippen LogP) is 3.38. The number of aliphatic hydroxyl groups is 1. The summed E-state index contributed by atoms with van der Waals surface area (Å²) >= 11 is 2.31. The number of hydrogen-bond acceptors (Lipinski definition) is 1. The fourth-order valence-electron chi connectivity index (χ4n) is 2.37. The molecule has 2 rings (SSSR count). The molecule has 0 radical (unpaired) electrons. The minimum atomic E-state index is -0.132. The minimum Gasteiger partial charge on any atom is -0.392 e. The summed E-state index contributed by atoms with van der Waals surface area (Å²) in [5.41, 5.74) is 1.26. The van der Waals surface area contributed by atoms with Gasteiger partial charge in [-0.1, -0.05) is 25.0 Å². The van der Waals surface area contributed by atoms with E-state index < -0.39 is 0 Å². The average Bonchev–Trinajstić information content (AvgIpc) is 2.74. The molecule has 1 atom stereocenters. The Kier molecular flexibility index (Phi) is 4.03. The van der Waals surface area contributed by atoms with Crippen LogP contribution in [0.3, 0.4) is 0 Å². The molecule has 1 fully saturated rings. The molecule has 0 heterocycles. The SMILES string of the molecule is OC(Cc1ccc(I)cc1)C1CCCC1. The third-order valence-corrected chi connectivity index (χ3v) is 4.02. The molecule has 1 aromatic rings. The summed E-state index contributed by atoms with van der Waals surface area (Å²) in [7, 11) is 0. The Balaban J connectivity index is 1.92. The summed E-state index contributed by atoms with van der Waals surface area (Å²) in [6.45, 7) is 0. The standard InChI is InChI=1S/C13H17IO/c14-12-7-5-10(6-8-12)9-13(15)11-3-1-2-4-11/h5-8,11,13,15H,1-4,9H2. The Morgan fingerprint density at radius 1 is 1.20 bits per heavy atom. The first-order valence-corrected chi connectivity index (χ1v) is 6.76. The van der Waals surface area contributed by atoms with Gasteiger partial charge >= 0.3 is 0 Å². The molecule has 15 heavy (non-hydrogen) atoms. The van der Waals surface area contributed by atoms with Gasteiger partial charge in [-0.3, -0.25) is 0 Å². The molecular weight excluding hydrogens is 299 g/mol. The van der Waals surface area contributed by atoms with E-state index in [9.17, 15) is 5.11 Å². The lowest BCUT2D eigenvalue weighted by atomic mass is 9.95. The van der Waals surface area contributed by atoms with Crippen LogP contribution in [0.4, 0.5) is 0 Å². The lowest BCUT2D eigenvalue weighted by molar-refractivity contribution is 0.111. The molecule has 0 amide bonds. The van der Waals surface area contributed by atoms with Crippen LogP contribution >= 0.6 is 22.6 Å². The van der Waals surface area contributed by atoms with Gasteiger partial charge in [-0.05, 0) is 65.5 Å². The van der Waals surface area contributed by atoms with Crippen LogP contribution in [0.1, 0.15) is 31.2 Å². The van der Waals surface area contributed by atoms with Crippen molar-refractivity contribution >= 4 is 22.6 Å². The van der Waals surface area contributed by atoms with E-state index in [0.29, 0.717) is 5.92 Å². The molecule has 1 aliphatic rings. The topological polar surface area (TPSA) is 20.2 Å². The molecule has 1 saturated carbocycles. The van der Waals surface area contributed by atoms with E-state index in [1.165, 1.54) is 34.8 Å². The Hall–Kier alpha value is -0.0900. The van der Waals surface area contributed by atoms with E-state index in [1.807, 2.05) is 0 Å². The summed E-state index contributed by atoms with van der Waals surface area (Å²) < 4.78 is 1.26. The molecule has 2 heteroatoms. The summed E-state index contributed by atoms with van der Waals surface area (Å²) in [5.74, 6) is 0.546. The van der Waals surface area contributed by atoms with Crippen LogP contribution in [0.2, 0.25) is 0 Å². The Morgan fingerprint density at radius 3 is 2.40 bits per heavy atom. The second-order valence-corrected chi connectivity index (χ2v) is 5.69. The van der Waals surface area contributed by atoms with Crippen molar-refractivity contribution in [3.05, 3.63) is 33.4 Å². The highest BCUT2D eigenvalue weighted by atomic mass is 127. The van der Waals surface area contributed by atoms with Gasteiger partial charge in [0.05, 0.1) is 6.10 Å². The Morgan fingerprint density at radius 2 is 1.80 bits per heavy atom. The first-order valence-electron chi connectivity index (χ1n) is 5.68. The third kappa shape index (κ3) is 3.18. The molecule has 1 N–H and O–H groups in total. The lowest BCUT2D eigenvalue weighted by Gasteiger charge is -2.17. The van der Waals surface area contributed by atoms with Crippen molar-refractivity contribution in [2.75, 3.05) is 0 Å². The van der Waals surface area contributed by atoms with Crippen LogP contribution in [-0.2, 0) is 6.42 Å². The Bertz CT molecular complexity index is 301. The third-order valence-electron chi connectivity index (χ3n) is 3.30. The van der Waals surface area contributed by atoms with E-state index >= 15 is 0 Å². The monoisotopic (exact) mass is 316 g/mol. The van der Waals surface area contributed by atoms with Crippen molar-refractivity contribution in [3.63, 3.8) is 0 Å². The quantitative estimate of drug-likeness (QED) is 0.848. The van der Waals surface area contributed by atoms with Gasteiger partial charge in [-0.25, -0.2) is 0 Å². The van der Waals surface area contributed by atoms with Crippen molar-refractivity contribution in [1.82, 2.24) is 0 Å². The van der Waals surface area contributed by atoms with Crippen LogP contribution in [0.25, 0.3) is 0 Å². The number of benzene rings is 1. The van der Waals surface area contributed by atoms with Crippen molar-refractivity contribution in [2.24, 2.45) is 5.92 Å². The van der Waals surface area contributed by atoms with E-state index in [0.717, 1.165) is 6.42 Å². The van der Waals surface area contributed by atoms with Crippen molar-refractivity contribution in [3.8, 4) is 0 Å². The summed E-state index contributed by atoms with van der Waals surface area (Å²) in [4.78, 5) is 0. The maximum absolute atomic E-state index is 10.1. The van der Waals surface area contributed by atoms with E-state index in [2.05, 4.69) is 46.9 Å². The second kappa shape index (κ2) is 5.30. The highest BCUT2D eigenvalue weighted by Gasteiger charge is 2.22. The van der Waals surface area contributed by atoms with Crippen LogP contribution in [-0.4, -0.2) is 11.2 Å². The minimum absolute atomic E-state index is 0.132. The largest absolute Gasteiger partial charge is 0.392 e. The molecule has 0 spiro atoms. The lowest BCUT2D eigenvalue weighted by Crippen LogP contribution is -2.20. The summed E-state index contributed by atoms with van der Waals surface area (Å²) in [6.07, 6.45) is 5.72. The second-order valence-electron chi connectivity index (χ2n) is 4.44. The van der Waals surface area contributed by atoms with E-state index in [-0.39, 0.29) is 6.10 Å². The van der Waals surface area contributed by atoms with Crippen LogP contribution in [0.5, 0.6) is 0 Å². The van der Waals surface area contributed by atoms with Gasteiger partial charge in [0.1, 0.15) is 0 Å². The molecule has 1 aromatic carbocycles. The average molecular weight is 316 g/mol. The number of rotatable bonds is 3. The molecule has 82 valence electrons. The zero-order valence-electron chi connectivity index (χ0n) is 8.82. The van der Waals surface area contributed by atoms with E-state index in [1.54, 1.807) is 0 Å². The smallest absolute Gasteiger partial charge is 0.0608 e. The van der Waals surface area contributed by atoms with Gasteiger partial charge in [0.25, 0.3) is 0 Å². The number of halogens is 1. The van der Waals surface area contributed by atoms with Crippen LogP contribution < -0.4 is 0 Å². The maximum Gasteiger partial charge on any atom is 0.0608 e. The van der Waals surface area contributed by atoms with Gasteiger partial charge < -0.3 is 5.11 Å². The molecule has 0 aliphatic heterocycles. The molecule has 0 bridgehead atoms. The first kappa shape index (κ1) is 11.4. The first-order chi connectivity index (χ1) is 7.25. The molecule has 1 unspecified atom stereocenters. The van der Waals surface area contributed by atoms with Gasteiger partial charge in [0, 0.05) is 3.57 Å². The maximum atomic E-state index is 10.1. The normalized spacial score (nSPS) is 19.3. The van der Waals surface area contributed by atoms with Gasteiger partial charge in [-0.15, -0.1) is 0 Å². The summed E-state index contributed by atoms with van der Waals surface area (Å²) in [5, 5.41) is 10.1. The fourth-order valence-corrected chi connectivity index (χ4v) is 2.73. The van der Waals surface area contributed by atoms with Gasteiger partial charge in [0.15, 0.2) is 0 Å². The van der Waals surface area contributed by atoms with Crippen molar-refractivity contribution in [2.45, 2.75) is 38.2 Å². The number of aliphatic hydroxyl groups excluding tert-OH is 1. The van der Waals surface area contributed by atoms with Crippen LogP contribution in [0, 0.1) is 9.49 Å². The van der Waals surface area contributed by atoms with E-state index in [4.69, 9.17) is 0 Å². The highest BCUT2D eigenvalue weighted by molar-refractivity contribution is 14.1. The van der Waals surface area contributed by atoms with Crippen LogP contribution in [0.15, 0.2) is 24.3 Å². The fraction of sp³-hybridized carbons (Fsp3) is 0.538. The Labute approximate surface area is 105 Å². The zero-order valence-corrected chi connectivity index (χ0v) is 11.0. The molecule has 0 aromatic heterocycles. The van der Waals surface area contributed by atoms with Crippen molar-refractivity contribution < 1.29 is 5.11 Å². The number of hydrogen-bond donors (Lipinski definition) is 1. The molecule has 1 aliphatic carbocycles.